The maximum absolute atomic E-state index is 12.3. The van der Waals surface area contributed by atoms with Crippen LogP contribution in [0.5, 0.6) is 0 Å². The number of nitrogens with zero attached hydrogens (tertiary/aromatic N) is 2. The summed E-state index contributed by atoms with van der Waals surface area (Å²) in [5, 5.41) is 0. The number of unbranched alkanes of at least 4 members (excludes halogenated alkanes) is 3. The van der Waals surface area contributed by atoms with E-state index in [4.69, 9.17) is 0 Å². The second-order valence-electron chi connectivity index (χ2n) is 6.50. The number of amides is 2. The van der Waals surface area contributed by atoms with Gasteiger partial charge in [-0.3, -0.25) is 0 Å². The Morgan fingerprint density at radius 1 is 1.17 bits per heavy atom. The molecular weight excluding hydrogens is 224 g/mol. The highest BCUT2D eigenvalue weighted by Crippen LogP contribution is 2.23. The molecule has 0 saturated carbocycles. The first-order valence-electron chi connectivity index (χ1n) is 7.46. The molecule has 0 bridgehead atoms. The minimum Gasteiger partial charge on any atom is -0.320 e. The second kappa shape index (κ2) is 6.44. The molecular formula is C15H30N2O. The zero-order valence-electron chi connectivity index (χ0n) is 12.8. The van der Waals surface area contributed by atoms with Crippen LogP contribution in [0.4, 0.5) is 4.79 Å². The minimum atomic E-state index is -0.0479. The van der Waals surface area contributed by atoms with Gasteiger partial charge in [0.15, 0.2) is 0 Å². The summed E-state index contributed by atoms with van der Waals surface area (Å²) < 4.78 is 0. The van der Waals surface area contributed by atoms with E-state index in [2.05, 4.69) is 39.5 Å². The summed E-state index contributed by atoms with van der Waals surface area (Å²) in [7, 11) is 0. The number of urea groups is 1. The van der Waals surface area contributed by atoms with Gasteiger partial charge in [0.2, 0.25) is 0 Å². The number of hydrogen-bond donors (Lipinski definition) is 0. The van der Waals surface area contributed by atoms with E-state index in [-0.39, 0.29) is 11.6 Å². The van der Waals surface area contributed by atoms with Crippen molar-refractivity contribution in [1.29, 1.82) is 0 Å². The second-order valence-corrected chi connectivity index (χ2v) is 6.50. The van der Waals surface area contributed by atoms with Gasteiger partial charge >= 0.3 is 6.03 Å². The van der Waals surface area contributed by atoms with Crippen molar-refractivity contribution in [3.63, 3.8) is 0 Å². The normalized spacial score (nSPS) is 18.6. The molecule has 18 heavy (non-hydrogen) atoms. The molecule has 1 rings (SSSR count). The van der Waals surface area contributed by atoms with Gasteiger partial charge in [-0.2, -0.15) is 0 Å². The first-order valence-corrected chi connectivity index (χ1v) is 7.46. The predicted molar refractivity (Wildman–Crippen MR) is 76.8 cm³/mol. The molecule has 1 unspecified atom stereocenters. The monoisotopic (exact) mass is 254 g/mol. The van der Waals surface area contributed by atoms with Crippen LogP contribution >= 0.6 is 0 Å². The van der Waals surface area contributed by atoms with E-state index in [1.54, 1.807) is 0 Å². The van der Waals surface area contributed by atoms with Crippen LogP contribution in [-0.4, -0.2) is 40.5 Å². The molecule has 0 aromatic rings. The summed E-state index contributed by atoms with van der Waals surface area (Å²) in [6, 6.07) is 0.618. The molecule has 2 amide bonds. The first-order chi connectivity index (χ1) is 8.38. The summed E-state index contributed by atoms with van der Waals surface area (Å²) in [4.78, 5) is 16.4. The molecule has 0 aliphatic carbocycles. The predicted octanol–water partition coefficient (Wildman–Crippen LogP) is 3.88. The van der Waals surface area contributed by atoms with Crippen molar-refractivity contribution in [2.24, 2.45) is 0 Å². The summed E-state index contributed by atoms with van der Waals surface area (Å²) in [6.45, 7) is 12.5. The van der Waals surface area contributed by atoms with Crippen LogP contribution in [-0.2, 0) is 0 Å². The fourth-order valence-electron chi connectivity index (χ4n) is 2.61. The summed E-state index contributed by atoms with van der Waals surface area (Å²) in [5.74, 6) is 0. The zero-order valence-corrected chi connectivity index (χ0v) is 12.8. The minimum absolute atomic E-state index is 0.0479. The molecule has 0 N–H and O–H groups in total. The maximum atomic E-state index is 12.3. The van der Waals surface area contributed by atoms with Crippen molar-refractivity contribution in [2.45, 2.75) is 78.3 Å². The average molecular weight is 254 g/mol. The van der Waals surface area contributed by atoms with E-state index in [1.807, 2.05) is 4.90 Å². The van der Waals surface area contributed by atoms with Crippen LogP contribution in [0.2, 0.25) is 0 Å². The van der Waals surface area contributed by atoms with E-state index in [1.165, 1.54) is 25.7 Å². The Kier molecular flexibility index (Phi) is 5.48. The van der Waals surface area contributed by atoms with Crippen molar-refractivity contribution < 1.29 is 4.79 Å². The Labute approximate surface area is 113 Å². The van der Waals surface area contributed by atoms with Gasteiger partial charge in [0.1, 0.15) is 0 Å². The van der Waals surface area contributed by atoms with Crippen molar-refractivity contribution in [2.75, 3.05) is 13.1 Å². The van der Waals surface area contributed by atoms with E-state index in [9.17, 15) is 4.79 Å². The summed E-state index contributed by atoms with van der Waals surface area (Å²) in [5.41, 5.74) is -0.0479. The van der Waals surface area contributed by atoms with Gasteiger partial charge in [0.05, 0.1) is 0 Å². The molecule has 106 valence electrons. The van der Waals surface area contributed by atoms with Crippen LogP contribution in [0.3, 0.4) is 0 Å². The Morgan fingerprint density at radius 3 is 2.33 bits per heavy atom. The third-order valence-electron chi connectivity index (χ3n) is 3.86. The highest BCUT2D eigenvalue weighted by atomic mass is 16.2. The maximum Gasteiger partial charge on any atom is 0.320 e. The van der Waals surface area contributed by atoms with Gasteiger partial charge in [-0.05, 0) is 34.1 Å². The Balaban J connectivity index is 2.41. The quantitative estimate of drug-likeness (QED) is 0.660. The summed E-state index contributed by atoms with van der Waals surface area (Å²) in [6.07, 6.45) is 6.27. The molecule has 0 radical (unpaired) electrons. The van der Waals surface area contributed by atoms with Crippen LogP contribution < -0.4 is 0 Å². The van der Waals surface area contributed by atoms with E-state index in [0.717, 1.165) is 19.5 Å². The fraction of sp³-hybridized carbons (Fsp3) is 0.933. The molecule has 1 fully saturated rings. The third-order valence-corrected chi connectivity index (χ3v) is 3.86. The molecule has 3 nitrogen and oxygen atoms in total. The Hall–Kier alpha value is -0.730. The van der Waals surface area contributed by atoms with Gasteiger partial charge in [-0.25, -0.2) is 4.79 Å². The lowest BCUT2D eigenvalue weighted by atomic mass is 10.1. The Bertz CT molecular complexity index is 270. The lowest BCUT2D eigenvalue weighted by Crippen LogP contribution is -2.45. The fourth-order valence-corrected chi connectivity index (χ4v) is 2.61. The molecule has 0 aromatic carbocycles. The molecule has 0 spiro atoms. The van der Waals surface area contributed by atoms with Gasteiger partial charge in [-0.1, -0.05) is 32.6 Å². The van der Waals surface area contributed by atoms with Gasteiger partial charge in [-0.15, -0.1) is 0 Å². The van der Waals surface area contributed by atoms with E-state index in [0.29, 0.717) is 6.04 Å². The highest BCUT2D eigenvalue weighted by Gasteiger charge is 2.37. The summed E-state index contributed by atoms with van der Waals surface area (Å²) >= 11 is 0. The number of carbonyl (C=O) groups excluding carboxylic acids is 1. The zero-order chi connectivity index (χ0) is 13.8. The van der Waals surface area contributed by atoms with Crippen LogP contribution in [0.1, 0.15) is 66.7 Å². The molecule has 1 saturated heterocycles. The SMILES string of the molecule is CCCCCCC(C)N1CCN(C(C)(C)C)C1=O. The van der Waals surface area contributed by atoms with Gasteiger partial charge in [0, 0.05) is 24.7 Å². The lowest BCUT2D eigenvalue weighted by molar-refractivity contribution is 0.147. The van der Waals surface area contributed by atoms with Gasteiger partial charge < -0.3 is 9.80 Å². The molecule has 1 aliphatic rings. The molecule has 0 aromatic heterocycles. The van der Waals surface area contributed by atoms with Gasteiger partial charge in [0.25, 0.3) is 0 Å². The molecule has 1 heterocycles. The molecule has 1 atom stereocenters. The largest absolute Gasteiger partial charge is 0.320 e. The van der Waals surface area contributed by atoms with Crippen molar-refractivity contribution >= 4 is 6.03 Å². The van der Waals surface area contributed by atoms with Crippen LogP contribution in [0.15, 0.2) is 0 Å². The standard InChI is InChI=1S/C15H30N2O/c1-6-7-8-9-10-13(2)16-11-12-17(14(16)18)15(3,4)5/h13H,6-12H2,1-5H3. The average Bonchev–Trinajstić information content (AvgIpc) is 2.66. The first kappa shape index (κ1) is 15.3. The molecule has 3 heteroatoms. The lowest BCUT2D eigenvalue weighted by Gasteiger charge is -2.32. The smallest absolute Gasteiger partial charge is 0.320 e. The Morgan fingerprint density at radius 2 is 1.83 bits per heavy atom. The van der Waals surface area contributed by atoms with Crippen LogP contribution in [0.25, 0.3) is 0 Å². The number of rotatable bonds is 6. The van der Waals surface area contributed by atoms with Crippen LogP contribution in [0, 0.1) is 0 Å². The topological polar surface area (TPSA) is 23.6 Å². The third kappa shape index (κ3) is 3.89. The van der Waals surface area contributed by atoms with Crippen molar-refractivity contribution in [1.82, 2.24) is 9.80 Å². The van der Waals surface area contributed by atoms with Crippen molar-refractivity contribution in [3.05, 3.63) is 0 Å². The van der Waals surface area contributed by atoms with E-state index < -0.39 is 0 Å². The number of hydrogen-bond acceptors (Lipinski definition) is 1. The van der Waals surface area contributed by atoms with Crippen molar-refractivity contribution in [3.8, 4) is 0 Å². The van der Waals surface area contributed by atoms with E-state index >= 15 is 0 Å². The molecule has 1 aliphatic heterocycles. The highest BCUT2D eigenvalue weighted by molar-refractivity contribution is 5.77. The number of carbonyl (C=O) groups is 1.